The van der Waals surface area contributed by atoms with Gasteiger partial charge in [-0.1, -0.05) is 30.3 Å². The van der Waals surface area contributed by atoms with Crippen LogP contribution in [0.5, 0.6) is 5.75 Å². The second-order valence-electron chi connectivity index (χ2n) is 5.56. The Hall–Kier alpha value is -2.47. The molecule has 0 heterocycles. The number of halogens is 2. The molecule has 0 aliphatic heterocycles. The van der Waals surface area contributed by atoms with Gasteiger partial charge in [0.15, 0.2) is 11.6 Å². The van der Waals surface area contributed by atoms with E-state index in [1.165, 1.54) is 0 Å². The van der Waals surface area contributed by atoms with E-state index in [0.717, 1.165) is 17.7 Å². The summed E-state index contributed by atoms with van der Waals surface area (Å²) in [5.74, 6) is -3.29. The van der Waals surface area contributed by atoms with E-state index < -0.39 is 23.4 Å². The van der Waals surface area contributed by atoms with Crippen LogP contribution < -0.4 is 5.32 Å². The van der Waals surface area contributed by atoms with Gasteiger partial charge in [0, 0.05) is 24.6 Å². The summed E-state index contributed by atoms with van der Waals surface area (Å²) in [6.45, 7) is -0.136. The number of phenolic OH excluding ortho intramolecular Hbond substituents is 1. The second-order valence-corrected chi connectivity index (χ2v) is 5.56. The predicted octanol–water partition coefficient (Wildman–Crippen LogP) is 3.24. The van der Waals surface area contributed by atoms with Crippen LogP contribution in [-0.2, 0) is 17.8 Å². The normalized spacial score (nSPS) is 12.1. The molecular weight excluding hydrogens is 316 g/mol. The molecule has 24 heavy (non-hydrogen) atoms. The quantitative estimate of drug-likeness (QED) is 0.693. The molecule has 0 amide bonds. The Balaban J connectivity index is 2.07. The smallest absolute Gasteiger partial charge is 0.303 e. The average Bonchev–Trinajstić information content (AvgIpc) is 2.56. The second kappa shape index (κ2) is 8.40. The van der Waals surface area contributed by atoms with E-state index in [1.54, 1.807) is 0 Å². The van der Waals surface area contributed by atoms with Crippen LogP contribution in [0.1, 0.15) is 24.0 Å². The molecule has 2 aromatic carbocycles. The van der Waals surface area contributed by atoms with E-state index in [-0.39, 0.29) is 24.6 Å². The molecule has 0 aliphatic rings. The number of carboxylic acid groups (broad SMARTS) is 1. The number of hydrogen-bond acceptors (Lipinski definition) is 3. The van der Waals surface area contributed by atoms with Crippen molar-refractivity contribution in [2.75, 3.05) is 0 Å². The van der Waals surface area contributed by atoms with Crippen LogP contribution in [0.25, 0.3) is 0 Å². The van der Waals surface area contributed by atoms with Crippen LogP contribution in [-0.4, -0.2) is 22.2 Å². The first-order valence-electron chi connectivity index (χ1n) is 7.62. The largest absolute Gasteiger partial charge is 0.505 e. The Morgan fingerprint density at radius 1 is 1.12 bits per heavy atom. The number of aromatic hydroxyl groups is 1. The molecule has 0 fully saturated rings. The van der Waals surface area contributed by atoms with Gasteiger partial charge in [-0.3, -0.25) is 4.79 Å². The molecule has 0 radical (unpaired) electrons. The fourth-order valence-electron chi connectivity index (χ4n) is 2.47. The highest BCUT2D eigenvalue weighted by Crippen LogP contribution is 2.22. The van der Waals surface area contributed by atoms with Crippen molar-refractivity contribution in [1.82, 2.24) is 5.32 Å². The van der Waals surface area contributed by atoms with Gasteiger partial charge in [-0.25, -0.2) is 8.78 Å². The predicted molar refractivity (Wildman–Crippen MR) is 85.7 cm³/mol. The molecule has 6 heteroatoms. The third kappa shape index (κ3) is 5.03. The zero-order chi connectivity index (χ0) is 17.5. The van der Waals surface area contributed by atoms with Gasteiger partial charge < -0.3 is 15.5 Å². The number of phenols is 1. The molecule has 4 nitrogen and oxygen atoms in total. The third-order valence-corrected chi connectivity index (χ3v) is 3.76. The molecule has 128 valence electrons. The van der Waals surface area contributed by atoms with Crippen LogP contribution in [0.3, 0.4) is 0 Å². The Morgan fingerprint density at radius 2 is 1.83 bits per heavy atom. The number of hydrogen-bond donors (Lipinski definition) is 3. The molecular formula is C18H19F2NO3. The maximum atomic E-state index is 13.8. The summed E-state index contributed by atoms with van der Waals surface area (Å²) in [6.07, 6.45) is 0.817. The summed E-state index contributed by atoms with van der Waals surface area (Å²) in [6, 6.07) is 11.1. The number of rotatable bonds is 8. The van der Waals surface area contributed by atoms with Crippen molar-refractivity contribution in [2.24, 2.45) is 0 Å². The monoisotopic (exact) mass is 335 g/mol. The number of carboxylic acids is 1. The van der Waals surface area contributed by atoms with Crippen LogP contribution in [0.15, 0.2) is 42.5 Å². The van der Waals surface area contributed by atoms with Gasteiger partial charge in [-0.2, -0.15) is 0 Å². The Morgan fingerprint density at radius 3 is 2.50 bits per heavy atom. The van der Waals surface area contributed by atoms with E-state index in [9.17, 15) is 18.7 Å². The molecule has 3 N–H and O–H groups in total. The van der Waals surface area contributed by atoms with E-state index in [4.69, 9.17) is 5.11 Å². The van der Waals surface area contributed by atoms with Crippen molar-refractivity contribution in [3.8, 4) is 5.75 Å². The number of benzene rings is 2. The van der Waals surface area contributed by atoms with Crippen molar-refractivity contribution < 1.29 is 23.8 Å². The summed E-state index contributed by atoms with van der Waals surface area (Å²) in [4.78, 5) is 10.8. The van der Waals surface area contributed by atoms with Gasteiger partial charge in [0.05, 0.1) is 0 Å². The fourth-order valence-corrected chi connectivity index (χ4v) is 2.47. The minimum atomic E-state index is -1.00. The molecule has 0 saturated carbocycles. The average molecular weight is 335 g/mol. The molecule has 1 atom stereocenters. The maximum Gasteiger partial charge on any atom is 0.303 e. The first-order valence-corrected chi connectivity index (χ1v) is 7.62. The highest BCUT2D eigenvalue weighted by molar-refractivity contribution is 5.66. The molecule has 0 spiro atoms. The minimum absolute atomic E-state index is 0.0461. The summed E-state index contributed by atoms with van der Waals surface area (Å²) in [5, 5.41) is 21.2. The van der Waals surface area contributed by atoms with Crippen LogP contribution in [0.4, 0.5) is 8.78 Å². The molecule has 2 rings (SSSR count). The topological polar surface area (TPSA) is 69.6 Å². The molecule has 0 saturated heterocycles. The van der Waals surface area contributed by atoms with Crippen LogP contribution in [0.2, 0.25) is 0 Å². The SMILES string of the molecule is O=C(O)CCC(Cc1ccccc1)NCc1c(F)ccc(O)c1F. The number of nitrogens with one attached hydrogen (secondary N) is 1. The van der Waals surface area contributed by atoms with Gasteiger partial charge in [0.2, 0.25) is 0 Å². The maximum absolute atomic E-state index is 13.8. The highest BCUT2D eigenvalue weighted by atomic mass is 19.1. The van der Waals surface area contributed by atoms with Crippen molar-refractivity contribution in [2.45, 2.75) is 31.8 Å². The van der Waals surface area contributed by atoms with Gasteiger partial charge in [-0.05, 0) is 30.5 Å². The summed E-state index contributed by atoms with van der Waals surface area (Å²) >= 11 is 0. The van der Waals surface area contributed by atoms with Gasteiger partial charge in [-0.15, -0.1) is 0 Å². The van der Waals surface area contributed by atoms with E-state index >= 15 is 0 Å². The van der Waals surface area contributed by atoms with Crippen molar-refractivity contribution in [1.29, 1.82) is 0 Å². The van der Waals surface area contributed by atoms with Crippen LogP contribution >= 0.6 is 0 Å². The van der Waals surface area contributed by atoms with Crippen molar-refractivity contribution in [3.63, 3.8) is 0 Å². The summed E-state index contributed by atoms with van der Waals surface area (Å²) < 4.78 is 27.6. The fraction of sp³-hybridized carbons (Fsp3) is 0.278. The third-order valence-electron chi connectivity index (χ3n) is 3.76. The molecule has 2 aromatic rings. The Labute approximate surface area is 138 Å². The van der Waals surface area contributed by atoms with E-state index in [2.05, 4.69) is 5.32 Å². The molecule has 0 aromatic heterocycles. The lowest BCUT2D eigenvalue weighted by atomic mass is 10.0. The van der Waals surface area contributed by atoms with Gasteiger partial charge in [0.1, 0.15) is 5.82 Å². The molecule has 0 aliphatic carbocycles. The standard InChI is InChI=1S/C18H19F2NO3/c19-15-7-8-16(22)18(20)14(15)11-21-13(6-9-17(23)24)10-12-4-2-1-3-5-12/h1-5,7-8,13,21-22H,6,9-11H2,(H,23,24). The lowest BCUT2D eigenvalue weighted by molar-refractivity contribution is -0.137. The highest BCUT2D eigenvalue weighted by Gasteiger charge is 2.16. The van der Waals surface area contributed by atoms with E-state index in [1.807, 2.05) is 30.3 Å². The van der Waals surface area contributed by atoms with Crippen molar-refractivity contribution in [3.05, 3.63) is 65.2 Å². The minimum Gasteiger partial charge on any atom is -0.505 e. The molecule has 0 bridgehead atoms. The number of aliphatic carboxylic acids is 1. The van der Waals surface area contributed by atoms with Gasteiger partial charge >= 0.3 is 5.97 Å². The van der Waals surface area contributed by atoms with Crippen molar-refractivity contribution >= 4 is 5.97 Å². The summed E-state index contributed by atoms with van der Waals surface area (Å²) in [5.41, 5.74) is 0.737. The van der Waals surface area contributed by atoms with Gasteiger partial charge in [0.25, 0.3) is 0 Å². The first kappa shape index (κ1) is 17.9. The Bertz CT molecular complexity index is 692. The lowest BCUT2D eigenvalue weighted by Gasteiger charge is -2.19. The Kier molecular flexibility index (Phi) is 6.26. The van der Waals surface area contributed by atoms with Crippen LogP contribution in [0, 0.1) is 11.6 Å². The van der Waals surface area contributed by atoms with E-state index in [0.29, 0.717) is 12.8 Å². The lowest BCUT2D eigenvalue weighted by Crippen LogP contribution is -2.32. The zero-order valence-electron chi connectivity index (χ0n) is 13.0. The first-order chi connectivity index (χ1) is 11.5. The molecule has 1 unspecified atom stereocenters. The number of carbonyl (C=O) groups is 1. The summed E-state index contributed by atoms with van der Waals surface area (Å²) in [7, 11) is 0. The zero-order valence-corrected chi connectivity index (χ0v) is 13.0.